The molecular formula is C13H8BrClFN3. The van der Waals surface area contributed by atoms with Gasteiger partial charge in [0.15, 0.2) is 0 Å². The van der Waals surface area contributed by atoms with Crippen LogP contribution in [0.2, 0.25) is 5.02 Å². The maximum Gasteiger partial charge on any atom is 0.143 e. The molecule has 0 atom stereocenters. The van der Waals surface area contributed by atoms with Crippen LogP contribution in [0.25, 0.3) is 0 Å². The Morgan fingerprint density at radius 2 is 2.00 bits per heavy atom. The number of nitrogens with two attached hydrogens (primary N) is 1. The third-order valence-electron chi connectivity index (χ3n) is 2.46. The lowest BCUT2D eigenvalue weighted by molar-refractivity contribution is 0.629. The van der Waals surface area contributed by atoms with Crippen LogP contribution in [0.1, 0.15) is 5.56 Å². The quantitative estimate of drug-likeness (QED) is 0.795. The van der Waals surface area contributed by atoms with Crippen molar-refractivity contribution in [3.8, 4) is 6.07 Å². The maximum atomic E-state index is 13.2. The van der Waals surface area contributed by atoms with Crippen LogP contribution >= 0.6 is 27.5 Å². The van der Waals surface area contributed by atoms with Crippen molar-refractivity contribution >= 4 is 44.6 Å². The van der Waals surface area contributed by atoms with Crippen molar-refractivity contribution in [2.75, 3.05) is 11.1 Å². The first kappa shape index (κ1) is 13.7. The molecule has 0 aliphatic heterocycles. The van der Waals surface area contributed by atoms with Gasteiger partial charge in [0.05, 0.1) is 33.7 Å². The van der Waals surface area contributed by atoms with Crippen LogP contribution in [0.3, 0.4) is 0 Å². The highest BCUT2D eigenvalue weighted by Crippen LogP contribution is 2.32. The highest BCUT2D eigenvalue weighted by molar-refractivity contribution is 9.10. The van der Waals surface area contributed by atoms with Crippen LogP contribution in [0, 0.1) is 17.1 Å². The number of nitrogens with one attached hydrogen (secondary N) is 1. The second-order valence-corrected chi connectivity index (χ2v) is 5.05. The lowest BCUT2D eigenvalue weighted by Crippen LogP contribution is -1.98. The number of hydrogen-bond acceptors (Lipinski definition) is 3. The molecule has 0 aromatic heterocycles. The minimum Gasteiger partial charge on any atom is -0.397 e. The third kappa shape index (κ3) is 2.98. The molecule has 2 rings (SSSR count). The summed E-state index contributed by atoms with van der Waals surface area (Å²) in [5, 5.41) is 11.8. The molecule has 0 bridgehead atoms. The van der Waals surface area contributed by atoms with E-state index in [9.17, 15) is 4.39 Å². The van der Waals surface area contributed by atoms with E-state index in [1.807, 2.05) is 6.07 Å². The van der Waals surface area contributed by atoms with Crippen LogP contribution in [-0.4, -0.2) is 0 Å². The Morgan fingerprint density at radius 3 is 2.63 bits per heavy atom. The lowest BCUT2D eigenvalue weighted by Gasteiger charge is -2.12. The molecule has 19 heavy (non-hydrogen) atoms. The summed E-state index contributed by atoms with van der Waals surface area (Å²) in [5.74, 6) is -0.566. The summed E-state index contributed by atoms with van der Waals surface area (Å²) in [6, 6.07) is 9.66. The van der Waals surface area contributed by atoms with Gasteiger partial charge in [-0.3, -0.25) is 0 Å². The summed E-state index contributed by atoms with van der Waals surface area (Å²) in [4.78, 5) is 0. The fraction of sp³-hybridized carbons (Fsp3) is 0. The van der Waals surface area contributed by atoms with Gasteiger partial charge in [-0.2, -0.15) is 5.26 Å². The fourth-order valence-electron chi connectivity index (χ4n) is 1.50. The van der Waals surface area contributed by atoms with Crippen molar-refractivity contribution in [1.82, 2.24) is 0 Å². The Balaban J connectivity index is 2.37. The minimum atomic E-state index is -0.566. The molecule has 0 saturated heterocycles. The average molecular weight is 341 g/mol. The van der Waals surface area contributed by atoms with Crippen molar-refractivity contribution in [3.05, 3.63) is 51.2 Å². The van der Waals surface area contributed by atoms with Gasteiger partial charge in [0, 0.05) is 10.5 Å². The summed E-state index contributed by atoms with van der Waals surface area (Å²) < 4.78 is 13.9. The predicted molar refractivity (Wildman–Crippen MR) is 78.0 cm³/mol. The number of nitriles is 1. The number of hydrogen-bond donors (Lipinski definition) is 2. The molecule has 0 radical (unpaired) electrons. The molecule has 0 amide bonds. The zero-order valence-electron chi connectivity index (χ0n) is 9.55. The van der Waals surface area contributed by atoms with Crippen LogP contribution in [-0.2, 0) is 0 Å². The fourth-order valence-corrected chi connectivity index (χ4v) is 2.14. The van der Waals surface area contributed by atoms with E-state index in [2.05, 4.69) is 21.2 Å². The molecule has 0 unspecified atom stereocenters. The van der Waals surface area contributed by atoms with E-state index in [4.69, 9.17) is 22.6 Å². The van der Waals surface area contributed by atoms with E-state index in [1.54, 1.807) is 18.2 Å². The smallest absolute Gasteiger partial charge is 0.143 e. The molecule has 0 aliphatic rings. The number of rotatable bonds is 2. The maximum absolute atomic E-state index is 13.2. The molecule has 0 heterocycles. The number of benzene rings is 2. The molecule has 0 fully saturated rings. The lowest BCUT2D eigenvalue weighted by atomic mass is 10.2. The standard InChI is InChI=1S/C13H8BrClFN3/c14-8-3-7(6-17)1-2-12(8)19-13-4-9(15)10(16)5-11(13)18/h1-5,19H,18H2. The molecule has 0 saturated carbocycles. The molecule has 0 aliphatic carbocycles. The van der Waals surface area contributed by atoms with Crippen LogP contribution < -0.4 is 11.1 Å². The predicted octanol–water partition coefficient (Wildman–Crippen LogP) is 4.44. The van der Waals surface area contributed by atoms with Gasteiger partial charge in [0.1, 0.15) is 5.82 Å². The summed E-state index contributed by atoms with van der Waals surface area (Å²) in [7, 11) is 0. The molecule has 6 heteroatoms. The summed E-state index contributed by atoms with van der Waals surface area (Å²) in [5.41, 5.74) is 7.69. The van der Waals surface area contributed by atoms with Gasteiger partial charge in [0.25, 0.3) is 0 Å². The van der Waals surface area contributed by atoms with E-state index in [0.29, 0.717) is 21.4 Å². The summed E-state index contributed by atoms with van der Waals surface area (Å²) in [6.07, 6.45) is 0. The SMILES string of the molecule is N#Cc1ccc(Nc2cc(Cl)c(F)cc2N)c(Br)c1. The summed E-state index contributed by atoms with van der Waals surface area (Å²) in [6.45, 7) is 0. The normalized spacial score (nSPS) is 10.0. The highest BCUT2D eigenvalue weighted by atomic mass is 79.9. The van der Waals surface area contributed by atoms with Gasteiger partial charge < -0.3 is 11.1 Å². The highest BCUT2D eigenvalue weighted by Gasteiger charge is 2.08. The van der Waals surface area contributed by atoms with Crippen LogP contribution in [0.5, 0.6) is 0 Å². The Kier molecular flexibility index (Phi) is 3.93. The van der Waals surface area contributed by atoms with Gasteiger partial charge in [-0.1, -0.05) is 11.6 Å². The van der Waals surface area contributed by atoms with Crippen LogP contribution in [0.4, 0.5) is 21.5 Å². The first-order chi connectivity index (χ1) is 9.01. The largest absolute Gasteiger partial charge is 0.397 e. The molecule has 0 spiro atoms. The van der Waals surface area contributed by atoms with Gasteiger partial charge in [0.2, 0.25) is 0 Å². The topological polar surface area (TPSA) is 61.8 Å². The van der Waals surface area contributed by atoms with Crippen molar-refractivity contribution in [2.24, 2.45) is 0 Å². The van der Waals surface area contributed by atoms with Gasteiger partial charge in [-0.05, 0) is 40.2 Å². The van der Waals surface area contributed by atoms with Crippen molar-refractivity contribution in [3.63, 3.8) is 0 Å². The van der Waals surface area contributed by atoms with E-state index >= 15 is 0 Å². The molecular weight excluding hydrogens is 333 g/mol. The Morgan fingerprint density at radius 1 is 1.26 bits per heavy atom. The van der Waals surface area contributed by atoms with E-state index < -0.39 is 5.82 Å². The van der Waals surface area contributed by atoms with Gasteiger partial charge >= 0.3 is 0 Å². The zero-order valence-corrected chi connectivity index (χ0v) is 11.9. The van der Waals surface area contributed by atoms with Crippen molar-refractivity contribution in [1.29, 1.82) is 5.26 Å². The second-order valence-electron chi connectivity index (χ2n) is 3.78. The molecule has 3 nitrogen and oxygen atoms in total. The van der Waals surface area contributed by atoms with Crippen molar-refractivity contribution < 1.29 is 4.39 Å². The number of nitrogen functional groups attached to an aromatic ring is 1. The monoisotopic (exact) mass is 339 g/mol. The molecule has 3 N–H and O–H groups in total. The van der Waals surface area contributed by atoms with Gasteiger partial charge in [-0.25, -0.2) is 4.39 Å². The van der Waals surface area contributed by atoms with E-state index in [-0.39, 0.29) is 10.7 Å². The molecule has 2 aromatic rings. The van der Waals surface area contributed by atoms with Crippen LogP contribution in [0.15, 0.2) is 34.8 Å². The van der Waals surface area contributed by atoms with Gasteiger partial charge in [-0.15, -0.1) is 0 Å². The van der Waals surface area contributed by atoms with E-state index in [1.165, 1.54) is 6.07 Å². The minimum absolute atomic E-state index is 0.0125. The second kappa shape index (κ2) is 5.47. The zero-order chi connectivity index (χ0) is 14.0. The number of anilines is 3. The molecule has 96 valence electrons. The first-order valence-corrected chi connectivity index (χ1v) is 6.39. The Labute approximate surface area is 122 Å². The molecule has 2 aromatic carbocycles. The van der Waals surface area contributed by atoms with Crippen molar-refractivity contribution in [2.45, 2.75) is 0 Å². The Bertz CT molecular complexity index is 682. The average Bonchev–Trinajstić information content (AvgIpc) is 2.38. The Hall–Kier alpha value is -1.77. The first-order valence-electron chi connectivity index (χ1n) is 5.22. The number of halogens is 3. The summed E-state index contributed by atoms with van der Waals surface area (Å²) >= 11 is 9.06. The third-order valence-corrected chi connectivity index (χ3v) is 3.41. The number of nitrogens with zero attached hydrogens (tertiary/aromatic N) is 1. The van der Waals surface area contributed by atoms with E-state index in [0.717, 1.165) is 6.07 Å².